The van der Waals surface area contributed by atoms with Crippen LogP contribution in [0.5, 0.6) is 0 Å². The molecule has 82 valence electrons. The average Bonchev–Trinajstić information content (AvgIpc) is 2.19. The van der Waals surface area contributed by atoms with Crippen molar-refractivity contribution in [1.82, 2.24) is 9.97 Å². The zero-order chi connectivity index (χ0) is 11.4. The van der Waals surface area contributed by atoms with Crippen LogP contribution in [-0.4, -0.2) is 27.6 Å². The second-order valence-corrected chi connectivity index (χ2v) is 3.44. The van der Waals surface area contributed by atoms with Crippen LogP contribution < -0.4 is 5.73 Å². The SMILES string of the molecule is Cc1ncnc(C(CCN)C(=O)O)c1C. The third kappa shape index (κ3) is 2.50. The number of carboxylic acids is 1. The van der Waals surface area contributed by atoms with Crippen molar-refractivity contribution in [1.29, 1.82) is 0 Å². The van der Waals surface area contributed by atoms with Crippen LogP contribution in [0, 0.1) is 13.8 Å². The summed E-state index contributed by atoms with van der Waals surface area (Å²) in [6.07, 6.45) is 1.79. The van der Waals surface area contributed by atoms with Gasteiger partial charge in [-0.25, -0.2) is 9.97 Å². The van der Waals surface area contributed by atoms with Gasteiger partial charge in [0.2, 0.25) is 0 Å². The lowest BCUT2D eigenvalue weighted by molar-refractivity contribution is -0.139. The number of hydrogen-bond acceptors (Lipinski definition) is 4. The predicted molar refractivity (Wildman–Crippen MR) is 55.6 cm³/mol. The van der Waals surface area contributed by atoms with Gasteiger partial charge in [-0.3, -0.25) is 4.79 Å². The first-order chi connectivity index (χ1) is 7.07. The monoisotopic (exact) mass is 209 g/mol. The number of aliphatic carboxylic acids is 1. The van der Waals surface area contributed by atoms with Crippen LogP contribution in [0.4, 0.5) is 0 Å². The molecule has 0 aromatic carbocycles. The Morgan fingerprint density at radius 3 is 2.73 bits per heavy atom. The molecule has 0 fully saturated rings. The minimum Gasteiger partial charge on any atom is -0.481 e. The summed E-state index contributed by atoms with van der Waals surface area (Å²) in [6.45, 7) is 4.00. The van der Waals surface area contributed by atoms with Gasteiger partial charge in [0.25, 0.3) is 0 Å². The normalized spacial score (nSPS) is 12.5. The fraction of sp³-hybridized carbons (Fsp3) is 0.500. The van der Waals surface area contributed by atoms with E-state index >= 15 is 0 Å². The Balaban J connectivity index is 3.11. The number of aryl methyl sites for hydroxylation is 1. The second kappa shape index (κ2) is 4.84. The molecule has 1 rings (SSSR count). The quantitative estimate of drug-likeness (QED) is 0.758. The lowest BCUT2D eigenvalue weighted by Crippen LogP contribution is -2.19. The highest BCUT2D eigenvalue weighted by Gasteiger charge is 2.22. The smallest absolute Gasteiger partial charge is 0.312 e. The van der Waals surface area contributed by atoms with E-state index in [4.69, 9.17) is 10.8 Å². The molecular weight excluding hydrogens is 194 g/mol. The van der Waals surface area contributed by atoms with Gasteiger partial charge in [0.15, 0.2) is 0 Å². The van der Waals surface area contributed by atoms with Gasteiger partial charge < -0.3 is 10.8 Å². The third-order valence-electron chi connectivity index (χ3n) is 2.46. The molecule has 5 heteroatoms. The number of hydrogen-bond donors (Lipinski definition) is 2. The summed E-state index contributed by atoms with van der Waals surface area (Å²) in [5.41, 5.74) is 7.60. The maximum atomic E-state index is 11.0. The van der Waals surface area contributed by atoms with Crippen LogP contribution in [0.1, 0.15) is 29.3 Å². The molecule has 0 spiro atoms. The van der Waals surface area contributed by atoms with Crippen molar-refractivity contribution in [3.63, 3.8) is 0 Å². The molecule has 1 aromatic rings. The number of aromatic nitrogens is 2. The molecule has 0 saturated heterocycles. The molecule has 1 aromatic heterocycles. The first kappa shape index (κ1) is 11.6. The minimum absolute atomic E-state index is 0.333. The topological polar surface area (TPSA) is 89.1 Å². The Morgan fingerprint density at radius 2 is 2.20 bits per heavy atom. The standard InChI is InChI=1S/C10H15N3O2/c1-6-7(2)12-5-13-9(6)8(3-4-11)10(14)15/h5,8H,3-4,11H2,1-2H3,(H,14,15). The van der Waals surface area contributed by atoms with Gasteiger partial charge in [0, 0.05) is 5.69 Å². The van der Waals surface area contributed by atoms with E-state index in [9.17, 15) is 4.79 Å². The van der Waals surface area contributed by atoms with Gasteiger partial charge in [-0.15, -0.1) is 0 Å². The molecule has 0 aliphatic carbocycles. The summed E-state index contributed by atoms with van der Waals surface area (Å²) in [5, 5.41) is 9.06. The molecule has 0 aliphatic rings. The Kier molecular flexibility index (Phi) is 3.74. The largest absolute Gasteiger partial charge is 0.481 e. The minimum atomic E-state index is -0.887. The van der Waals surface area contributed by atoms with Crippen molar-refractivity contribution in [2.45, 2.75) is 26.2 Å². The zero-order valence-corrected chi connectivity index (χ0v) is 8.90. The molecule has 1 atom stereocenters. The number of carboxylic acid groups (broad SMARTS) is 1. The van der Waals surface area contributed by atoms with E-state index in [-0.39, 0.29) is 0 Å². The first-order valence-corrected chi connectivity index (χ1v) is 4.79. The van der Waals surface area contributed by atoms with Crippen molar-refractivity contribution in [3.05, 3.63) is 23.3 Å². The summed E-state index contributed by atoms with van der Waals surface area (Å²) in [7, 11) is 0. The van der Waals surface area contributed by atoms with Gasteiger partial charge in [-0.05, 0) is 32.4 Å². The molecule has 0 bridgehead atoms. The van der Waals surface area contributed by atoms with E-state index < -0.39 is 11.9 Å². The molecule has 0 aliphatic heterocycles. The van der Waals surface area contributed by atoms with Crippen LogP contribution in [-0.2, 0) is 4.79 Å². The van der Waals surface area contributed by atoms with Crippen LogP contribution in [0.25, 0.3) is 0 Å². The maximum absolute atomic E-state index is 11.0. The number of nitrogens with two attached hydrogens (primary N) is 1. The number of carbonyl (C=O) groups is 1. The fourth-order valence-electron chi connectivity index (χ4n) is 1.45. The Hall–Kier alpha value is -1.49. The molecular formula is C10H15N3O2. The summed E-state index contributed by atoms with van der Waals surface area (Å²) in [5.74, 6) is -1.52. The van der Waals surface area contributed by atoms with E-state index in [1.165, 1.54) is 6.33 Å². The van der Waals surface area contributed by atoms with Gasteiger partial charge in [-0.2, -0.15) is 0 Å². The van der Waals surface area contributed by atoms with Crippen LogP contribution in [0.15, 0.2) is 6.33 Å². The molecule has 5 nitrogen and oxygen atoms in total. The highest BCUT2D eigenvalue weighted by Crippen LogP contribution is 2.21. The van der Waals surface area contributed by atoms with Crippen molar-refractivity contribution >= 4 is 5.97 Å². The summed E-state index contributed by atoms with van der Waals surface area (Å²) < 4.78 is 0. The van der Waals surface area contributed by atoms with Crippen LogP contribution in [0.3, 0.4) is 0 Å². The van der Waals surface area contributed by atoms with E-state index in [2.05, 4.69) is 9.97 Å². The predicted octanol–water partition coefficient (Wildman–Crippen LogP) is 0.610. The molecule has 15 heavy (non-hydrogen) atoms. The second-order valence-electron chi connectivity index (χ2n) is 3.44. The highest BCUT2D eigenvalue weighted by molar-refractivity contribution is 5.75. The number of nitrogens with zero attached hydrogens (tertiary/aromatic N) is 2. The Morgan fingerprint density at radius 1 is 1.53 bits per heavy atom. The Labute approximate surface area is 88.4 Å². The third-order valence-corrected chi connectivity index (χ3v) is 2.46. The molecule has 0 radical (unpaired) electrons. The van der Waals surface area contributed by atoms with Crippen molar-refractivity contribution in [3.8, 4) is 0 Å². The van der Waals surface area contributed by atoms with Crippen molar-refractivity contribution in [2.75, 3.05) is 6.54 Å². The zero-order valence-electron chi connectivity index (χ0n) is 8.90. The van der Waals surface area contributed by atoms with Crippen LogP contribution in [0.2, 0.25) is 0 Å². The van der Waals surface area contributed by atoms with E-state index in [0.29, 0.717) is 18.7 Å². The first-order valence-electron chi connectivity index (χ1n) is 4.79. The van der Waals surface area contributed by atoms with Gasteiger partial charge >= 0.3 is 5.97 Å². The van der Waals surface area contributed by atoms with E-state index in [0.717, 1.165) is 11.3 Å². The molecule has 0 amide bonds. The molecule has 3 N–H and O–H groups in total. The highest BCUT2D eigenvalue weighted by atomic mass is 16.4. The fourth-order valence-corrected chi connectivity index (χ4v) is 1.45. The summed E-state index contributed by atoms with van der Waals surface area (Å²) in [4.78, 5) is 19.1. The van der Waals surface area contributed by atoms with E-state index in [1.807, 2.05) is 13.8 Å². The number of rotatable bonds is 4. The van der Waals surface area contributed by atoms with E-state index in [1.54, 1.807) is 0 Å². The van der Waals surface area contributed by atoms with Gasteiger partial charge in [0.1, 0.15) is 12.2 Å². The van der Waals surface area contributed by atoms with Crippen LogP contribution >= 0.6 is 0 Å². The maximum Gasteiger partial charge on any atom is 0.312 e. The average molecular weight is 209 g/mol. The molecule has 0 saturated carbocycles. The molecule has 1 unspecified atom stereocenters. The lowest BCUT2D eigenvalue weighted by atomic mass is 9.97. The Bertz CT molecular complexity index is 366. The van der Waals surface area contributed by atoms with Crippen molar-refractivity contribution in [2.24, 2.45) is 5.73 Å². The molecule has 1 heterocycles. The van der Waals surface area contributed by atoms with Gasteiger partial charge in [0.05, 0.1) is 5.69 Å². The lowest BCUT2D eigenvalue weighted by Gasteiger charge is -2.13. The summed E-state index contributed by atoms with van der Waals surface area (Å²) >= 11 is 0. The summed E-state index contributed by atoms with van der Waals surface area (Å²) in [6, 6.07) is 0. The van der Waals surface area contributed by atoms with Crippen molar-refractivity contribution < 1.29 is 9.90 Å². The van der Waals surface area contributed by atoms with Gasteiger partial charge in [-0.1, -0.05) is 0 Å².